The first-order valence-electron chi connectivity index (χ1n) is 10.6. The zero-order chi connectivity index (χ0) is 24.6. The van der Waals surface area contributed by atoms with E-state index in [-0.39, 0.29) is 30.6 Å². The van der Waals surface area contributed by atoms with Crippen molar-refractivity contribution in [1.29, 1.82) is 0 Å². The Balaban J connectivity index is 1.56. The fourth-order valence-corrected chi connectivity index (χ4v) is 4.61. The number of nitrogens with one attached hydrogen (secondary N) is 2. The number of aromatic nitrogens is 1. The second-order valence-electron chi connectivity index (χ2n) is 7.51. The number of pyridine rings is 1. The number of piperidine rings is 1. The number of hydrogen-bond acceptors (Lipinski definition) is 7. The molecule has 13 heteroatoms. The Bertz CT molecular complexity index is 1120. The van der Waals surface area contributed by atoms with E-state index in [0.29, 0.717) is 19.4 Å². The predicted octanol–water partition coefficient (Wildman–Crippen LogP) is -0.661. The quantitative estimate of drug-likeness (QED) is 0.147. The van der Waals surface area contributed by atoms with Gasteiger partial charge in [-0.25, -0.2) is 8.42 Å². The van der Waals surface area contributed by atoms with Crippen LogP contribution in [0.3, 0.4) is 0 Å². The Morgan fingerprint density at radius 1 is 1.21 bits per heavy atom. The molecule has 1 aromatic carbocycles. The minimum atomic E-state index is -3.94. The molecular formula is C21H27N7O5S. The van der Waals surface area contributed by atoms with E-state index in [0.717, 1.165) is 11.3 Å². The van der Waals surface area contributed by atoms with Crippen molar-refractivity contribution < 1.29 is 22.8 Å². The number of nitrogens with two attached hydrogens (primary N) is 2. The number of hydrogen-bond donors (Lipinski definition) is 4. The Labute approximate surface area is 197 Å². The Hall–Kier alpha value is -3.71. The average molecular weight is 490 g/mol. The van der Waals surface area contributed by atoms with Gasteiger partial charge in [0.25, 0.3) is 0 Å². The van der Waals surface area contributed by atoms with Crippen LogP contribution >= 0.6 is 0 Å². The number of sulfonamides is 1. The summed E-state index contributed by atoms with van der Waals surface area (Å²) in [6.07, 6.45) is 2.55. The number of benzene rings is 1. The third-order valence-corrected chi connectivity index (χ3v) is 6.46. The summed E-state index contributed by atoms with van der Waals surface area (Å²) in [5.41, 5.74) is 11.7. The van der Waals surface area contributed by atoms with Crippen molar-refractivity contribution in [1.82, 2.24) is 19.9 Å². The third kappa shape index (κ3) is 6.89. The minimum Gasteiger partial charge on any atom is -0.391 e. The third-order valence-electron chi connectivity index (χ3n) is 4.97. The first-order chi connectivity index (χ1) is 16.3. The number of guanidine groups is 1. The molecule has 1 saturated heterocycles. The van der Waals surface area contributed by atoms with Crippen molar-refractivity contribution >= 4 is 27.8 Å². The molecule has 0 saturated carbocycles. The van der Waals surface area contributed by atoms with E-state index in [1.165, 1.54) is 17.0 Å². The molecule has 12 nitrogen and oxygen atoms in total. The van der Waals surface area contributed by atoms with Crippen LogP contribution < -0.4 is 21.5 Å². The van der Waals surface area contributed by atoms with Crippen LogP contribution in [0.15, 0.2) is 58.7 Å². The van der Waals surface area contributed by atoms with Gasteiger partial charge < -0.3 is 26.5 Å². The molecule has 1 fully saturated rings. The van der Waals surface area contributed by atoms with Gasteiger partial charge in [-0.2, -0.15) is 4.72 Å². The SMILES string of the molecule is NC(N)=NOCCNC(=O)CN1CCC[C@H](NS(=O)(=O)c2ccc(-c3ccccn3)cc2)C1=O. The van der Waals surface area contributed by atoms with Gasteiger partial charge in [0, 0.05) is 18.3 Å². The van der Waals surface area contributed by atoms with Crippen molar-refractivity contribution in [3.8, 4) is 11.3 Å². The summed E-state index contributed by atoms with van der Waals surface area (Å²) in [5, 5.41) is 5.91. The van der Waals surface area contributed by atoms with Gasteiger partial charge >= 0.3 is 0 Å². The highest BCUT2D eigenvalue weighted by Crippen LogP contribution is 2.20. The lowest BCUT2D eigenvalue weighted by molar-refractivity contribution is -0.139. The van der Waals surface area contributed by atoms with E-state index < -0.39 is 27.9 Å². The molecule has 34 heavy (non-hydrogen) atoms. The summed E-state index contributed by atoms with van der Waals surface area (Å²) in [5.74, 6) is -1.09. The summed E-state index contributed by atoms with van der Waals surface area (Å²) in [6.45, 7) is 0.354. The number of amides is 2. The fraction of sp³-hybridized carbons (Fsp3) is 0.333. The standard InChI is InChI=1S/C21H27N7O5S/c22-21(23)26-33-13-11-25-19(29)14-28-12-3-5-18(20(28)30)27-34(31,32)16-8-6-15(7-9-16)17-4-1-2-10-24-17/h1-2,4,6-10,18,27H,3,5,11-14H2,(H,25,29)(H4,22,23,26)/t18-/m0/s1. The van der Waals surface area contributed by atoms with Crippen LogP contribution in [-0.4, -0.2) is 68.4 Å². The lowest BCUT2D eigenvalue weighted by atomic mass is 10.1. The highest BCUT2D eigenvalue weighted by Gasteiger charge is 2.33. The smallest absolute Gasteiger partial charge is 0.241 e. The molecule has 0 spiro atoms. The highest BCUT2D eigenvalue weighted by molar-refractivity contribution is 7.89. The number of likely N-dealkylation sites (tertiary alicyclic amines) is 1. The van der Waals surface area contributed by atoms with Gasteiger partial charge in [-0.05, 0) is 42.3 Å². The minimum absolute atomic E-state index is 0.0376. The molecule has 1 aromatic heterocycles. The van der Waals surface area contributed by atoms with Gasteiger partial charge in [0.15, 0.2) is 0 Å². The largest absolute Gasteiger partial charge is 0.391 e. The topological polar surface area (TPSA) is 182 Å². The monoisotopic (exact) mass is 489 g/mol. The maximum absolute atomic E-state index is 12.9. The van der Waals surface area contributed by atoms with Gasteiger partial charge in [-0.1, -0.05) is 18.2 Å². The van der Waals surface area contributed by atoms with Crippen molar-refractivity contribution in [2.75, 3.05) is 26.2 Å². The zero-order valence-electron chi connectivity index (χ0n) is 18.4. The molecular weight excluding hydrogens is 462 g/mol. The van der Waals surface area contributed by atoms with Crippen LogP contribution in [0.4, 0.5) is 0 Å². The van der Waals surface area contributed by atoms with Crippen molar-refractivity contribution in [2.24, 2.45) is 16.6 Å². The number of carbonyl (C=O) groups is 2. The first kappa shape index (κ1) is 24.9. The van der Waals surface area contributed by atoms with Crippen LogP contribution in [-0.2, 0) is 24.4 Å². The molecule has 1 aliphatic rings. The molecule has 3 rings (SSSR count). The Morgan fingerprint density at radius 3 is 2.65 bits per heavy atom. The van der Waals surface area contributed by atoms with Gasteiger partial charge in [0.2, 0.25) is 27.8 Å². The lowest BCUT2D eigenvalue weighted by Gasteiger charge is -2.32. The van der Waals surface area contributed by atoms with Gasteiger partial charge in [0.1, 0.15) is 12.6 Å². The van der Waals surface area contributed by atoms with Crippen LogP contribution in [0.1, 0.15) is 12.8 Å². The maximum atomic E-state index is 12.9. The summed E-state index contributed by atoms with van der Waals surface area (Å²) in [6, 6.07) is 10.8. The van der Waals surface area contributed by atoms with E-state index in [2.05, 4.69) is 20.2 Å². The predicted molar refractivity (Wildman–Crippen MR) is 124 cm³/mol. The second kappa shape index (κ2) is 11.4. The Kier molecular flexibility index (Phi) is 8.38. The van der Waals surface area contributed by atoms with Gasteiger partial charge in [0.05, 0.1) is 23.7 Å². The van der Waals surface area contributed by atoms with E-state index in [9.17, 15) is 18.0 Å². The normalized spacial score (nSPS) is 16.1. The summed E-state index contributed by atoms with van der Waals surface area (Å²) in [4.78, 5) is 35.3. The maximum Gasteiger partial charge on any atom is 0.241 e. The molecule has 2 amide bonds. The molecule has 1 aliphatic heterocycles. The average Bonchev–Trinajstić information content (AvgIpc) is 2.82. The van der Waals surface area contributed by atoms with E-state index in [4.69, 9.17) is 16.3 Å². The molecule has 6 N–H and O–H groups in total. The van der Waals surface area contributed by atoms with Crippen LogP contribution in [0.5, 0.6) is 0 Å². The van der Waals surface area contributed by atoms with E-state index >= 15 is 0 Å². The van der Waals surface area contributed by atoms with Crippen LogP contribution in [0, 0.1) is 0 Å². The van der Waals surface area contributed by atoms with Crippen molar-refractivity contribution in [2.45, 2.75) is 23.8 Å². The Morgan fingerprint density at radius 2 is 1.97 bits per heavy atom. The van der Waals surface area contributed by atoms with Gasteiger partial charge in [-0.15, -0.1) is 0 Å². The zero-order valence-corrected chi connectivity index (χ0v) is 19.2. The molecule has 182 valence electrons. The fourth-order valence-electron chi connectivity index (χ4n) is 3.39. The van der Waals surface area contributed by atoms with Crippen molar-refractivity contribution in [3.05, 3.63) is 48.7 Å². The second-order valence-corrected chi connectivity index (χ2v) is 9.23. The summed E-state index contributed by atoms with van der Waals surface area (Å²) < 4.78 is 28.2. The van der Waals surface area contributed by atoms with Crippen molar-refractivity contribution in [3.63, 3.8) is 0 Å². The van der Waals surface area contributed by atoms with Crippen LogP contribution in [0.2, 0.25) is 0 Å². The molecule has 2 aromatic rings. The molecule has 0 aliphatic carbocycles. The highest BCUT2D eigenvalue weighted by atomic mass is 32.2. The molecule has 0 bridgehead atoms. The number of nitrogens with zero attached hydrogens (tertiary/aromatic N) is 3. The summed E-state index contributed by atoms with van der Waals surface area (Å²) in [7, 11) is -3.94. The molecule has 0 radical (unpaired) electrons. The summed E-state index contributed by atoms with van der Waals surface area (Å²) >= 11 is 0. The van der Waals surface area contributed by atoms with E-state index in [1.807, 2.05) is 12.1 Å². The van der Waals surface area contributed by atoms with E-state index in [1.54, 1.807) is 24.4 Å². The number of oxime groups is 1. The first-order valence-corrected chi connectivity index (χ1v) is 12.0. The molecule has 1 atom stereocenters. The van der Waals surface area contributed by atoms with Crippen LogP contribution in [0.25, 0.3) is 11.3 Å². The lowest BCUT2D eigenvalue weighted by Crippen LogP contribution is -2.54. The number of rotatable bonds is 10. The molecule has 2 heterocycles. The number of carbonyl (C=O) groups excluding carboxylic acids is 2. The molecule has 0 unspecified atom stereocenters. The van der Waals surface area contributed by atoms with Gasteiger partial charge in [-0.3, -0.25) is 14.6 Å².